The predicted octanol–water partition coefficient (Wildman–Crippen LogP) is 2.91. The molecule has 118 valence electrons. The standard InChI is InChI=1S/C17H27NO3/c1-4-7-17(8-9-17)12-18-11-15(19)14-10-13(20-2)5-6-16(14)21-3/h5-6,10,15,18-19H,4,7-9,11-12H2,1-3H3. The molecule has 0 heterocycles. The van der Waals surface area contributed by atoms with Crippen LogP contribution in [0.5, 0.6) is 11.5 Å². The van der Waals surface area contributed by atoms with Crippen LogP contribution in [0.2, 0.25) is 0 Å². The van der Waals surface area contributed by atoms with Gasteiger partial charge < -0.3 is 19.9 Å². The quantitative estimate of drug-likeness (QED) is 0.735. The summed E-state index contributed by atoms with van der Waals surface area (Å²) in [6.07, 6.45) is 4.54. The van der Waals surface area contributed by atoms with Crippen molar-refractivity contribution >= 4 is 0 Å². The number of aliphatic hydroxyl groups is 1. The van der Waals surface area contributed by atoms with Crippen LogP contribution < -0.4 is 14.8 Å². The maximum Gasteiger partial charge on any atom is 0.124 e. The zero-order chi connectivity index (χ0) is 15.3. The first-order valence-corrected chi connectivity index (χ1v) is 7.75. The van der Waals surface area contributed by atoms with Gasteiger partial charge in [-0.1, -0.05) is 13.3 Å². The van der Waals surface area contributed by atoms with Crippen molar-refractivity contribution in [2.75, 3.05) is 27.3 Å². The maximum atomic E-state index is 10.4. The van der Waals surface area contributed by atoms with Gasteiger partial charge in [0.1, 0.15) is 11.5 Å². The van der Waals surface area contributed by atoms with Crippen LogP contribution in [0.1, 0.15) is 44.3 Å². The van der Waals surface area contributed by atoms with E-state index in [-0.39, 0.29) is 0 Å². The highest BCUT2D eigenvalue weighted by Gasteiger charge is 2.40. The van der Waals surface area contributed by atoms with E-state index in [0.717, 1.165) is 17.9 Å². The van der Waals surface area contributed by atoms with Gasteiger partial charge in [-0.3, -0.25) is 0 Å². The number of benzene rings is 1. The maximum absolute atomic E-state index is 10.4. The van der Waals surface area contributed by atoms with Crippen molar-refractivity contribution in [1.29, 1.82) is 0 Å². The van der Waals surface area contributed by atoms with Crippen molar-refractivity contribution in [3.05, 3.63) is 23.8 Å². The summed E-state index contributed by atoms with van der Waals surface area (Å²) in [5, 5.41) is 13.8. The van der Waals surface area contributed by atoms with E-state index in [1.807, 2.05) is 18.2 Å². The van der Waals surface area contributed by atoms with E-state index in [0.29, 0.717) is 17.7 Å². The van der Waals surface area contributed by atoms with E-state index in [9.17, 15) is 5.11 Å². The Bertz CT molecular complexity index is 457. The second kappa shape index (κ2) is 7.14. The van der Waals surface area contributed by atoms with Crippen molar-refractivity contribution in [2.24, 2.45) is 5.41 Å². The summed E-state index contributed by atoms with van der Waals surface area (Å²) in [5.41, 5.74) is 1.26. The number of aliphatic hydroxyl groups excluding tert-OH is 1. The minimum Gasteiger partial charge on any atom is -0.497 e. The molecule has 1 aromatic carbocycles. The first-order chi connectivity index (χ1) is 10.1. The highest BCUT2D eigenvalue weighted by atomic mass is 16.5. The van der Waals surface area contributed by atoms with E-state index >= 15 is 0 Å². The van der Waals surface area contributed by atoms with Crippen LogP contribution in [0.25, 0.3) is 0 Å². The fourth-order valence-electron chi connectivity index (χ4n) is 2.91. The molecule has 1 fully saturated rings. The summed E-state index contributed by atoms with van der Waals surface area (Å²) in [7, 11) is 3.24. The second-order valence-electron chi connectivity index (χ2n) is 6.00. The summed E-state index contributed by atoms with van der Waals surface area (Å²) < 4.78 is 10.5. The van der Waals surface area contributed by atoms with Crippen LogP contribution in [-0.2, 0) is 0 Å². The molecule has 1 unspecified atom stereocenters. The molecule has 0 saturated heterocycles. The first kappa shape index (κ1) is 16.1. The van der Waals surface area contributed by atoms with Crippen LogP contribution in [0.4, 0.5) is 0 Å². The largest absolute Gasteiger partial charge is 0.497 e. The first-order valence-electron chi connectivity index (χ1n) is 7.75. The second-order valence-corrected chi connectivity index (χ2v) is 6.00. The monoisotopic (exact) mass is 293 g/mol. The van der Waals surface area contributed by atoms with E-state index in [1.165, 1.54) is 25.7 Å². The number of ether oxygens (including phenoxy) is 2. The number of hydrogen-bond donors (Lipinski definition) is 2. The Morgan fingerprint density at radius 1 is 1.29 bits per heavy atom. The third-order valence-electron chi connectivity index (χ3n) is 4.37. The smallest absolute Gasteiger partial charge is 0.124 e. The number of hydrogen-bond acceptors (Lipinski definition) is 4. The Morgan fingerprint density at radius 3 is 2.62 bits per heavy atom. The van der Waals surface area contributed by atoms with Crippen LogP contribution in [-0.4, -0.2) is 32.4 Å². The molecule has 0 aromatic heterocycles. The van der Waals surface area contributed by atoms with Gasteiger partial charge in [0.05, 0.1) is 20.3 Å². The van der Waals surface area contributed by atoms with Crippen LogP contribution >= 0.6 is 0 Å². The normalized spacial score (nSPS) is 17.3. The average Bonchev–Trinajstić information content (AvgIpc) is 3.26. The lowest BCUT2D eigenvalue weighted by atomic mass is 10.0. The zero-order valence-corrected chi connectivity index (χ0v) is 13.3. The summed E-state index contributed by atoms with van der Waals surface area (Å²) in [4.78, 5) is 0. The Kier molecular flexibility index (Phi) is 5.48. The van der Waals surface area contributed by atoms with Gasteiger partial charge >= 0.3 is 0 Å². The lowest BCUT2D eigenvalue weighted by Crippen LogP contribution is -2.28. The van der Waals surface area contributed by atoms with Gasteiger partial charge in [0, 0.05) is 18.7 Å². The third-order valence-corrected chi connectivity index (χ3v) is 4.37. The fourth-order valence-corrected chi connectivity index (χ4v) is 2.91. The molecule has 1 saturated carbocycles. The molecule has 4 heteroatoms. The Labute approximate surface area is 127 Å². The van der Waals surface area contributed by atoms with Crippen LogP contribution in [0, 0.1) is 5.41 Å². The van der Waals surface area contributed by atoms with Crippen molar-refractivity contribution < 1.29 is 14.6 Å². The summed E-state index contributed by atoms with van der Waals surface area (Å²) in [5.74, 6) is 1.43. The molecule has 1 aromatic rings. The molecule has 0 spiro atoms. The van der Waals surface area contributed by atoms with Gasteiger partial charge in [-0.25, -0.2) is 0 Å². The Balaban J connectivity index is 1.92. The highest BCUT2D eigenvalue weighted by molar-refractivity contribution is 5.41. The van der Waals surface area contributed by atoms with Crippen molar-refractivity contribution in [1.82, 2.24) is 5.32 Å². The number of rotatable bonds is 9. The van der Waals surface area contributed by atoms with Gasteiger partial charge in [0.2, 0.25) is 0 Å². The average molecular weight is 293 g/mol. The van der Waals surface area contributed by atoms with Crippen molar-refractivity contribution in [3.8, 4) is 11.5 Å². The number of nitrogens with one attached hydrogen (secondary N) is 1. The molecule has 1 atom stereocenters. The molecule has 2 N–H and O–H groups in total. The van der Waals surface area contributed by atoms with E-state index < -0.39 is 6.10 Å². The molecule has 0 aliphatic heterocycles. The Hall–Kier alpha value is -1.26. The fraction of sp³-hybridized carbons (Fsp3) is 0.647. The zero-order valence-electron chi connectivity index (χ0n) is 13.3. The van der Waals surface area contributed by atoms with Gasteiger partial charge in [-0.05, 0) is 42.9 Å². The summed E-state index contributed by atoms with van der Waals surface area (Å²) >= 11 is 0. The molecule has 1 aliphatic carbocycles. The number of methoxy groups -OCH3 is 2. The van der Waals surface area contributed by atoms with E-state index in [4.69, 9.17) is 9.47 Å². The van der Waals surface area contributed by atoms with Crippen molar-refractivity contribution in [2.45, 2.75) is 38.7 Å². The molecule has 0 radical (unpaired) electrons. The van der Waals surface area contributed by atoms with Crippen molar-refractivity contribution in [3.63, 3.8) is 0 Å². The van der Waals surface area contributed by atoms with Crippen LogP contribution in [0.15, 0.2) is 18.2 Å². The third kappa shape index (κ3) is 4.11. The topological polar surface area (TPSA) is 50.7 Å². The molecule has 1 aliphatic rings. The van der Waals surface area contributed by atoms with Gasteiger partial charge in [0.15, 0.2) is 0 Å². The minimum absolute atomic E-state index is 0.493. The lowest BCUT2D eigenvalue weighted by Gasteiger charge is -2.19. The van der Waals surface area contributed by atoms with Gasteiger partial charge in [-0.15, -0.1) is 0 Å². The molecular weight excluding hydrogens is 266 g/mol. The van der Waals surface area contributed by atoms with Crippen LogP contribution in [0.3, 0.4) is 0 Å². The molecule has 0 amide bonds. The molecule has 2 rings (SSSR count). The summed E-state index contributed by atoms with van der Waals surface area (Å²) in [6, 6.07) is 5.50. The van der Waals surface area contributed by atoms with Gasteiger partial charge in [0.25, 0.3) is 0 Å². The lowest BCUT2D eigenvalue weighted by molar-refractivity contribution is 0.167. The minimum atomic E-state index is -0.590. The highest BCUT2D eigenvalue weighted by Crippen LogP contribution is 2.48. The SMILES string of the molecule is CCCC1(CNCC(O)c2cc(OC)ccc2OC)CC1. The Morgan fingerprint density at radius 2 is 2.05 bits per heavy atom. The predicted molar refractivity (Wildman–Crippen MR) is 84.0 cm³/mol. The molecule has 21 heavy (non-hydrogen) atoms. The van der Waals surface area contributed by atoms with E-state index in [1.54, 1.807) is 14.2 Å². The van der Waals surface area contributed by atoms with E-state index in [2.05, 4.69) is 12.2 Å². The molecular formula is C17H27NO3. The van der Waals surface area contributed by atoms with Gasteiger partial charge in [-0.2, -0.15) is 0 Å². The summed E-state index contributed by atoms with van der Waals surface area (Å²) in [6.45, 7) is 3.76. The molecule has 4 nitrogen and oxygen atoms in total. The molecule has 0 bridgehead atoms.